The number of oxime groups is 1. The van der Waals surface area contributed by atoms with E-state index in [0.717, 1.165) is 24.3 Å². The number of ether oxygens (including phenoxy) is 1. The second-order valence-corrected chi connectivity index (χ2v) is 6.40. The number of rotatable bonds is 6. The Labute approximate surface area is 148 Å². The van der Waals surface area contributed by atoms with Crippen LogP contribution in [0.3, 0.4) is 0 Å². The van der Waals surface area contributed by atoms with Gasteiger partial charge in [-0.1, -0.05) is 11.6 Å². The van der Waals surface area contributed by atoms with Crippen LogP contribution in [0.2, 0.25) is 0 Å². The van der Waals surface area contributed by atoms with E-state index in [9.17, 15) is 0 Å². The summed E-state index contributed by atoms with van der Waals surface area (Å²) in [4.78, 5) is 4.54. The molecule has 138 valence electrons. The average molecular weight is 348 g/mol. The Morgan fingerprint density at radius 3 is 2.56 bits per heavy atom. The molecule has 1 aliphatic rings. The first-order valence-electron chi connectivity index (χ1n) is 8.50. The number of aromatic nitrogens is 1. The molecular formula is C17H28N6O2. The van der Waals surface area contributed by atoms with Gasteiger partial charge in [0.1, 0.15) is 11.6 Å². The maximum absolute atomic E-state index is 8.76. The maximum atomic E-state index is 8.76. The van der Waals surface area contributed by atoms with Crippen molar-refractivity contribution in [1.29, 1.82) is 0 Å². The molecule has 0 bridgehead atoms. The lowest BCUT2D eigenvalue weighted by atomic mass is 9.98. The SMILES string of the molecule is Cc1nc(/C(N)=C(\C/C(N)=N/O)N(C)N)ccc1OC1CCCCC1. The third kappa shape index (κ3) is 4.99. The first kappa shape index (κ1) is 18.9. The van der Waals surface area contributed by atoms with Gasteiger partial charge in [-0.05, 0) is 44.7 Å². The number of nitrogens with two attached hydrogens (primary N) is 3. The zero-order chi connectivity index (χ0) is 18.4. The third-order valence-electron chi connectivity index (χ3n) is 4.37. The van der Waals surface area contributed by atoms with Gasteiger partial charge in [0.15, 0.2) is 0 Å². The predicted molar refractivity (Wildman–Crippen MR) is 97.6 cm³/mol. The lowest BCUT2D eigenvalue weighted by Gasteiger charge is -2.24. The second kappa shape index (κ2) is 8.57. The Kier molecular flexibility index (Phi) is 6.46. The van der Waals surface area contributed by atoms with Crippen LogP contribution >= 0.6 is 0 Å². The molecule has 0 aliphatic heterocycles. The van der Waals surface area contributed by atoms with Crippen molar-refractivity contribution in [2.45, 2.75) is 51.6 Å². The van der Waals surface area contributed by atoms with Crippen LogP contribution in [0.5, 0.6) is 5.75 Å². The summed E-state index contributed by atoms with van der Waals surface area (Å²) < 4.78 is 6.08. The highest BCUT2D eigenvalue weighted by Crippen LogP contribution is 2.26. The molecule has 1 aromatic rings. The van der Waals surface area contributed by atoms with Crippen molar-refractivity contribution >= 4 is 11.5 Å². The number of aryl methyl sites for hydroxylation is 1. The molecule has 0 unspecified atom stereocenters. The van der Waals surface area contributed by atoms with E-state index in [2.05, 4.69) is 10.1 Å². The number of amidine groups is 1. The van der Waals surface area contributed by atoms with Gasteiger partial charge in [-0.2, -0.15) is 0 Å². The summed E-state index contributed by atoms with van der Waals surface area (Å²) in [6.07, 6.45) is 6.27. The topological polar surface area (TPSA) is 136 Å². The Bertz CT molecular complexity index is 651. The Balaban J connectivity index is 2.23. The highest BCUT2D eigenvalue weighted by atomic mass is 16.5. The quantitative estimate of drug-likeness (QED) is 0.202. The van der Waals surface area contributed by atoms with E-state index < -0.39 is 0 Å². The van der Waals surface area contributed by atoms with Crippen LogP contribution in [0, 0.1) is 6.92 Å². The molecular weight excluding hydrogens is 320 g/mol. The van der Waals surface area contributed by atoms with E-state index in [1.165, 1.54) is 24.3 Å². The van der Waals surface area contributed by atoms with Crippen LogP contribution in [0.15, 0.2) is 23.0 Å². The van der Waals surface area contributed by atoms with Crippen molar-refractivity contribution in [3.63, 3.8) is 0 Å². The highest BCUT2D eigenvalue weighted by Gasteiger charge is 2.17. The molecule has 8 nitrogen and oxygen atoms in total. The van der Waals surface area contributed by atoms with Crippen molar-refractivity contribution < 1.29 is 9.94 Å². The smallest absolute Gasteiger partial charge is 0.145 e. The monoisotopic (exact) mass is 348 g/mol. The fraction of sp³-hybridized carbons (Fsp3) is 0.529. The molecule has 25 heavy (non-hydrogen) atoms. The van der Waals surface area contributed by atoms with E-state index in [1.807, 2.05) is 13.0 Å². The minimum absolute atomic E-state index is 0.0178. The van der Waals surface area contributed by atoms with E-state index in [4.69, 9.17) is 27.3 Å². The molecule has 2 rings (SSSR count). The fourth-order valence-corrected chi connectivity index (χ4v) is 2.95. The van der Waals surface area contributed by atoms with Crippen LogP contribution < -0.4 is 22.0 Å². The third-order valence-corrected chi connectivity index (χ3v) is 4.37. The summed E-state index contributed by atoms with van der Waals surface area (Å²) in [7, 11) is 1.64. The summed E-state index contributed by atoms with van der Waals surface area (Å²) in [6.45, 7) is 1.89. The molecule has 0 aromatic carbocycles. The van der Waals surface area contributed by atoms with Crippen LogP contribution in [-0.2, 0) is 0 Å². The van der Waals surface area contributed by atoms with E-state index in [0.29, 0.717) is 17.1 Å². The maximum Gasteiger partial charge on any atom is 0.145 e. The highest BCUT2D eigenvalue weighted by molar-refractivity contribution is 5.84. The first-order valence-corrected chi connectivity index (χ1v) is 8.50. The van der Waals surface area contributed by atoms with Gasteiger partial charge in [0.2, 0.25) is 0 Å². The number of hydrogen-bond donors (Lipinski definition) is 4. The zero-order valence-corrected chi connectivity index (χ0v) is 14.9. The molecule has 0 saturated heterocycles. The van der Waals surface area contributed by atoms with Crippen LogP contribution in [0.25, 0.3) is 5.70 Å². The Hall–Kier alpha value is -2.48. The number of nitrogens with zero attached hydrogens (tertiary/aromatic N) is 3. The Morgan fingerprint density at radius 2 is 2.00 bits per heavy atom. The van der Waals surface area contributed by atoms with E-state index in [-0.39, 0.29) is 18.4 Å². The van der Waals surface area contributed by atoms with E-state index >= 15 is 0 Å². The lowest BCUT2D eigenvalue weighted by molar-refractivity contribution is 0.153. The fourth-order valence-electron chi connectivity index (χ4n) is 2.95. The molecule has 8 heteroatoms. The van der Waals surface area contributed by atoms with Gasteiger partial charge >= 0.3 is 0 Å². The minimum Gasteiger partial charge on any atom is -0.489 e. The molecule has 0 radical (unpaired) electrons. The minimum atomic E-state index is 0.0178. The predicted octanol–water partition coefficient (Wildman–Crippen LogP) is 1.67. The van der Waals surface area contributed by atoms with Gasteiger partial charge in [-0.25, -0.2) is 10.8 Å². The Morgan fingerprint density at radius 1 is 1.32 bits per heavy atom. The van der Waals surface area contributed by atoms with Crippen LogP contribution in [0.1, 0.15) is 49.9 Å². The number of hydrogen-bond acceptors (Lipinski definition) is 7. The van der Waals surface area contributed by atoms with Crippen LogP contribution in [0.4, 0.5) is 0 Å². The molecule has 0 atom stereocenters. The number of pyridine rings is 1. The average Bonchev–Trinajstić information content (AvgIpc) is 2.61. The molecule has 1 heterocycles. The van der Waals surface area contributed by atoms with Crippen molar-refractivity contribution in [3.05, 3.63) is 29.2 Å². The summed E-state index contributed by atoms with van der Waals surface area (Å²) in [5, 5.41) is 13.1. The molecule has 0 spiro atoms. The van der Waals surface area contributed by atoms with Crippen LogP contribution in [-0.4, -0.2) is 34.2 Å². The second-order valence-electron chi connectivity index (χ2n) is 6.40. The van der Waals surface area contributed by atoms with Gasteiger partial charge in [-0.3, -0.25) is 0 Å². The van der Waals surface area contributed by atoms with Gasteiger partial charge < -0.3 is 26.4 Å². The van der Waals surface area contributed by atoms with Crippen molar-refractivity contribution in [2.75, 3.05) is 7.05 Å². The first-order chi connectivity index (χ1) is 11.9. The molecule has 7 N–H and O–H groups in total. The largest absolute Gasteiger partial charge is 0.489 e. The van der Waals surface area contributed by atoms with Crippen molar-refractivity contribution in [2.24, 2.45) is 22.5 Å². The molecule has 0 amide bonds. The van der Waals surface area contributed by atoms with Gasteiger partial charge in [-0.15, -0.1) is 0 Å². The summed E-state index contributed by atoms with van der Waals surface area (Å²) in [5.74, 6) is 6.62. The van der Waals surface area contributed by atoms with Gasteiger partial charge in [0.05, 0.1) is 35.3 Å². The summed E-state index contributed by atoms with van der Waals surface area (Å²) in [6, 6.07) is 3.69. The summed E-state index contributed by atoms with van der Waals surface area (Å²) in [5.41, 5.74) is 14.0. The lowest BCUT2D eigenvalue weighted by Crippen LogP contribution is -2.31. The van der Waals surface area contributed by atoms with Gasteiger partial charge in [0, 0.05) is 7.05 Å². The molecule has 1 fully saturated rings. The van der Waals surface area contributed by atoms with Gasteiger partial charge in [0.25, 0.3) is 0 Å². The molecule has 1 saturated carbocycles. The summed E-state index contributed by atoms with van der Waals surface area (Å²) >= 11 is 0. The molecule has 1 aliphatic carbocycles. The normalized spacial score (nSPS) is 17.2. The molecule has 1 aromatic heterocycles. The van der Waals surface area contributed by atoms with Crippen molar-refractivity contribution in [3.8, 4) is 5.75 Å². The standard InChI is InChI=1S/C17H28N6O2/c1-11-15(25-12-6-4-3-5-7-12)9-8-13(21-11)17(19)14(23(2)20)10-16(18)22-24/h8-9,12,24H,3-7,10,19-20H2,1-2H3,(H2,18,22)/b17-14-. The zero-order valence-electron chi connectivity index (χ0n) is 14.9. The van der Waals surface area contributed by atoms with E-state index in [1.54, 1.807) is 13.1 Å². The number of hydrazine groups is 1. The van der Waals surface area contributed by atoms with Crippen molar-refractivity contribution in [1.82, 2.24) is 9.99 Å².